The summed E-state index contributed by atoms with van der Waals surface area (Å²) in [5, 5.41) is 4.75. The quantitative estimate of drug-likeness (QED) is 0.650. The second kappa shape index (κ2) is 7.99. The van der Waals surface area contributed by atoms with E-state index in [1.54, 1.807) is 18.2 Å². The van der Waals surface area contributed by atoms with Gasteiger partial charge in [-0.2, -0.15) is 5.10 Å². The minimum atomic E-state index is -0.348. The van der Waals surface area contributed by atoms with Crippen LogP contribution >= 0.6 is 23.2 Å². The van der Waals surface area contributed by atoms with Crippen LogP contribution in [0.3, 0.4) is 0 Å². The van der Waals surface area contributed by atoms with Crippen molar-refractivity contribution < 1.29 is 9.53 Å². The van der Waals surface area contributed by atoms with E-state index in [2.05, 4.69) is 10.5 Å². The number of nitrogens with zero attached hydrogens (tertiary/aromatic N) is 1. The SMILES string of the molecule is Cc1ccc(OCC(=O)NN=Cc2ccc(Cl)c(Cl)c2)cc1C. The summed E-state index contributed by atoms with van der Waals surface area (Å²) >= 11 is 11.7. The Morgan fingerprint density at radius 1 is 1.13 bits per heavy atom. The predicted octanol–water partition coefficient (Wildman–Crippen LogP) is 4.14. The van der Waals surface area contributed by atoms with E-state index in [-0.39, 0.29) is 12.5 Å². The van der Waals surface area contributed by atoms with E-state index in [0.29, 0.717) is 15.8 Å². The molecule has 0 saturated carbocycles. The fraction of sp³-hybridized carbons (Fsp3) is 0.176. The van der Waals surface area contributed by atoms with Gasteiger partial charge in [0.15, 0.2) is 6.61 Å². The van der Waals surface area contributed by atoms with E-state index in [1.165, 1.54) is 11.8 Å². The van der Waals surface area contributed by atoms with E-state index in [0.717, 1.165) is 11.1 Å². The van der Waals surface area contributed by atoms with Crippen LogP contribution in [0.25, 0.3) is 0 Å². The van der Waals surface area contributed by atoms with Crippen LogP contribution in [0, 0.1) is 13.8 Å². The van der Waals surface area contributed by atoms with Gasteiger partial charge in [0.1, 0.15) is 5.75 Å². The predicted molar refractivity (Wildman–Crippen MR) is 93.6 cm³/mol. The first-order chi connectivity index (χ1) is 11.0. The zero-order valence-corrected chi connectivity index (χ0v) is 14.3. The van der Waals surface area contributed by atoms with E-state index in [1.807, 2.05) is 32.0 Å². The molecule has 120 valence electrons. The third-order valence-electron chi connectivity index (χ3n) is 3.19. The van der Waals surface area contributed by atoms with E-state index in [9.17, 15) is 4.79 Å². The number of carbonyl (C=O) groups is 1. The number of aryl methyl sites for hydroxylation is 2. The number of amides is 1. The Morgan fingerprint density at radius 3 is 2.61 bits per heavy atom. The number of halogens is 2. The van der Waals surface area contributed by atoms with Gasteiger partial charge in [-0.25, -0.2) is 5.43 Å². The van der Waals surface area contributed by atoms with Crippen LogP contribution in [-0.4, -0.2) is 18.7 Å². The lowest BCUT2D eigenvalue weighted by Crippen LogP contribution is -2.24. The smallest absolute Gasteiger partial charge is 0.277 e. The molecular formula is C17H16Cl2N2O2. The normalized spacial score (nSPS) is 10.8. The molecule has 4 nitrogen and oxygen atoms in total. The van der Waals surface area contributed by atoms with Crippen molar-refractivity contribution in [2.45, 2.75) is 13.8 Å². The second-order valence-electron chi connectivity index (χ2n) is 5.00. The van der Waals surface area contributed by atoms with Crippen molar-refractivity contribution in [2.75, 3.05) is 6.61 Å². The van der Waals surface area contributed by atoms with Gasteiger partial charge in [0.2, 0.25) is 0 Å². The van der Waals surface area contributed by atoms with Crippen LogP contribution in [0.5, 0.6) is 5.75 Å². The molecule has 0 aromatic heterocycles. The Morgan fingerprint density at radius 2 is 1.91 bits per heavy atom. The van der Waals surface area contributed by atoms with Gasteiger partial charge in [-0.1, -0.05) is 35.3 Å². The molecule has 0 saturated heterocycles. The summed E-state index contributed by atoms with van der Waals surface area (Å²) in [6.07, 6.45) is 1.48. The third-order valence-corrected chi connectivity index (χ3v) is 3.93. The van der Waals surface area contributed by atoms with Gasteiger partial charge in [-0.05, 0) is 54.8 Å². The first-order valence-electron chi connectivity index (χ1n) is 6.92. The Labute approximate surface area is 145 Å². The van der Waals surface area contributed by atoms with Crippen molar-refractivity contribution >= 4 is 35.3 Å². The molecule has 0 radical (unpaired) electrons. The van der Waals surface area contributed by atoms with Crippen molar-refractivity contribution in [2.24, 2.45) is 5.10 Å². The van der Waals surface area contributed by atoms with Crippen LogP contribution < -0.4 is 10.2 Å². The fourth-order valence-electron chi connectivity index (χ4n) is 1.76. The Kier molecular flexibility index (Phi) is 6.02. The fourth-order valence-corrected chi connectivity index (χ4v) is 2.06. The molecule has 6 heteroatoms. The average molecular weight is 351 g/mol. The first kappa shape index (κ1) is 17.3. The Balaban J connectivity index is 1.83. The zero-order valence-electron chi connectivity index (χ0n) is 12.8. The van der Waals surface area contributed by atoms with Gasteiger partial charge in [0, 0.05) is 0 Å². The summed E-state index contributed by atoms with van der Waals surface area (Å²) in [7, 11) is 0. The summed E-state index contributed by atoms with van der Waals surface area (Å²) < 4.78 is 5.42. The van der Waals surface area contributed by atoms with Crippen LogP contribution in [-0.2, 0) is 4.79 Å². The van der Waals surface area contributed by atoms with E-state index in [4.69, 9.17) is 27.9 Å². The second-order valence-corrected chi connectivity index (χ2v) is 5.82. The van der Waals surface area contributed by atoms with Crippen molar-refractivity contribution in [3.8, 4) is 5.75 Å². The van der Waals surface area contributed by atoms with Crippen molar-refractivity contribution in [3.05, 3.63) is 63.1 Å². The molecule has 0 fully saturated rings. The molecular weight excluding hydrogens is 335 g/mol. The molecule has 0 spiro atoms. The van der Waals surface area contributed by atoms with Crippen LogP contribution in [0.4, 0.5) is 0 Å². The molecule has 0 aliphatic rings. The average Bonchev–Trinajstić information content (AvgIpc) is 2.52. The maximum absolute atomic E-state index is 11.7. The van der Waals surface area contributed by atoms with Gasteiger partial charge < -0.3 is 4.74 Å². The minimum absolute atomic E-state index is 0.110. The maximum Gasteiger partial charge on any atom is 0.277 e. The van der Waals surface area contributed by atoms with Gasteiger partial charge in [-0.15, -0.1) is 0 Å². The van der Waals surface area contributed by atoms with E-state index >= 15 is 0 Å². The van der Waals surface area contributed by atoms with Gasteiger partial charge >= 0.3 is 0 Å². The number of hydrazone groups is 1. The summed E-state index contributed by atoms with van der Waals surface area (Å²) in [6.45, 7) is 3.90. The van der Waals surface area contributed by atoms with Gasteiger partial charge in [0.05, 0.1) is 16.3 Å². The molecule has 1 N–H and O–H groups in total. The zero-order chi connectivity index (χ0) is 16.8. The van der Waals surface area contributed by atoms with Crippen LogP contribution in [0.15, 0.2) is 41.5 Å². The van der Waals surface area contributed by atoms with Gasteiger partial charge in [0.25, 0.3) is 5.91 Å². The minimum Gasteiger partial charge on any atom is -0.484 e. The number of benzene rings is 2. The van der Waals surface area contributed by atoms with Crippen molar-refractivity contribution in [1.82, 2.24) is 5.43 Å². The molecule has 0 heterocycles. The topological polar surface area (TPSA) is 50.7 Å². The Hall–Kier alpha value is -2.04. The molecule has 2 aromatic rings. The molecule has 2 rings (SSSR count). The molecule has 2 aromatic carbocycles. The number of nitrogens with one attached hydrogen (secondary N) is 1. The lowest BCUT2D eigenvalue weighted by atomic mass is 10.1. The number of hydrogen-bond donors (Lipinski definition) is 1. The molecule has 0 unspecified atom stereocenters. The maximum atomic E-state index is 11.7. The highest BCUT2D eigenvalue weighted by molar-refractivity contribution is 6.42. The highest BCUT2D eigenvalue weighted by atomic mass is 35.5. The highest BCUT2D eigenvalue weighted by Gasteiger charge is 2.03. The summed E-state index contributed by atoms with van der Waals surface area (Å²) in [4.78, 5) is 11.7. The van der Waals surface area contributed by atoms with Gasteiger partial charge in [-0.3, -0.25) is 4.79 Å². The van der Waals surface area contributed by atoms with Crippen LogP contribution in [0.2, 0.25) is 10.0 Å². The molecule has 0 aliphatic carbocycles. The summed E-state index contributed by atoms with van der Waals surface area (Å²) in [6, 6.07) is 10.7. The monoisotopic (exact) mass is 350 g/mol. The lowest BCUT2D eigenvalue weighted by molar-refractivity contribution is -0.123. The number of hydrogen-bond acceptors (Lipinski definition) is 3. The molecule has 0 atom stereocenters. The highest BCUT2D eigenvalue weighted by Crippen LogP contribution is 2.21. The number of ether oxygens (including phenoxy) is 1. The first-order valence-corrected chi connectivity index (χ1v) is 7.68. The van der Waals surface area contributed by atoms with E-state index < -0.39 is 0 Å². The molecule has 1 amide bonds. The van der Waals surface area contributed by atoms with Crippen LogP contribution in [0.1, 0.15) is 16.7 Å². The van der Waals surface area contributed by atoms with Crippen molar-refractivity contribution in [1.29, 1.82) is 0 Å². The molecule has 0 aliphatic heterocycles. The lowest BCUT2D eigenvalue weighted by Gasteiger charge is -2.07. The summed E-state index contributed by atoms with van der Waals surface area (Å²) in [5.74, 6) is 0.302. The third kappa shape index (κ3) is 5.27. The standard InChI is InChI=1S/C17H16Cl2N2O2/c1-11-3-5-14(7-12(11)2)23-10-17(22)21-20-9-13-4-6-15(18)16(19)8-13/h3-9H,10H2,1-2H3,(H,21,22). The largest absolute Gasteiger partial charge is 0.484 e. The summed E-state index contributed by atoms with van der Waals surface area (Å²) in [5.41, 5.74) is 5.41. The number of rotatable bonds is 5. The molecule has 0 bridgehead atoms. The number of carbonyl (C=O) groups excluding carboxylic acids is 1. The molecule has 23 heavy (non-hydrogen) atoms. The Bertz CT molecular complexity index is 745. The van der Waals surface area contributed by atoms with Crippen molar-refractivity contribution in [3.63, 3.8) is 0 Å².